The molecule has 19 heavy (non-hydrogen) atoms. The SMILES string of the molecule is N#Cc1ccc(NC2(CO)CCOCC2)c(F)c1Br. The summed E-state index contributed by atoms with van der Waals surface area (Å²) in [5, 5.41) is 21.4. The van der Waals surface area contributed by atoms with Crippen LogP contribution in [0.3, 0.4) is 0 Å². The number of rotatable bonds is 3. The smallest absolute Gasteiger partial charge is 0.161 e. The van der Waals surface area contributed by atoms with E-state index in [1.54, 1.807) is 6.07 Å². The lowest BCUT2D eigenvalue weighted by Crippen LogP contribution is -2.47. The number of nitrogens with one attached hydrogen (secondary N) is 1. The Balaban J connectivity index is 2.28. The van der Waals surface area contributed by atoms with Crippen LogP contribution in [0, 0.1) is 17.1 Å². The van der Waals surface area contributed by atoms with Gasteiger partial charge in [0, 0.05) is 13.2 Å². The van der Waals surface area contributed by atoms with Gasteiger partial charge in [-0.3, -0.25) is 0 Å². The first-order valence-electron chi connectivity index (χ1n) is 5.97. The van der Waals surface area contributed by atoms with E-state index in [4.69, 9.17) is 10.00 Å². The number of aliphatic hydroxyl groups is 1. The van der Waals surface area contributed by atoms with Gasteiger partial charge >= 0.3 is 0 Å². The van der Waals surface area contributed by atoms with E-state index < -0.39 is 11.4 Å². The molecule has 0 aliphatic carbocycles. The highest BCUT2D eigenvalue weighted by atomic mass is 79.9. The Kier molecular flexibility index (Phi) is 4.40. The van der Waals surface area contributed by atoms with Crippen LogP contribution in [-0.2, 0) is 4.74 Å². The molecule has 1 fully saturated rings. The normalized spacial score (nSPS) is 17.8. The molecule has 4 nitrogen and oxygen atoms in total. The first-order chi connectivity index (χ1) is 9.12. The molecule has 2 rings (SSSR count). The Morgan fingerprint density at radius 2 is 2.16 bits per heavy atom. The second-order valence-electron chi connectivity index (χ2n) is 4.58. The zero-order valence-corrected chi connectivity index (χ0v) is 11.8. The largest absolute Gasteiger partial charge is 0.394 e. The molecule has 0 amide bonds. The topological polar surface area (TPSA) is 65.3 Å². The van der Waals surface area contributed by atoms with E-state index in [1.807, 2.05) is 6.07 Å². The molecule has 1 aliphatic heterocycles. The van der Waals surface area contributed by atoms with E-state index in [1.165, 1.54) is 6.07 Å². The quantitative estimate of drug-likeness (QED) is 0.894. The monoisotopic (exact) mass is 328 g/mol. The van der Waals surface area contributed by atoms with Crippen molar-refractivity contribution >= 4 is 21.6 Å². The molecule has 1 heterocycles. The summed E-state index contributed by atoms with van der Waals surface area (Å²) in [6.45, 7) is 0.979. The highest BCUT2D eigenvalue weighted by Crippen LogP contribution is 2.31. The van der Waals surface area contributed by atoms with Crippen molar-refractivity contribution in [1.29, 1.82) is 5.26 Å². The van der Waals surface area contributed by atoms with Crippen LogP contribution in [0.2, 0.25) is 0 Å². The fourth-order valence-corrected chi connectivity index (χ4v) is 2.54. The van der Waals surface area contributed by atoms with Crippen molar-refractivity contribution in [3.05, 3.63) is 28.0 Å². The third kappa shape index (κ3) is 2.89. The second kappa shape index (κ2) is 5.87. The predicted octanol–water partition coefficient (Wildman–Crippen LogP) is 2.41. The summed E-state index contributed by atoms with van der Waals surface area (Å²) in [7, 11) is 0. The summed E-state index contributed by atoms with van der Waals surface area (Å²) in [4.78, 5) is 0. The molecule has 0 spiro atoms. The molecule has 102 valence electrons. The lowest BCUT2D eigenvalue weighted by atomic mass is 9.90. The average molecular weight is 329 g/mol. The molecule has 0 aromatic heterocycles. The maximum absolute atomic E-state index is 14.1. The van der Waals surface area contributed by atoms with Gasteiger partial charge in [-0.05, 0) is 40.9 Å². The minimum Gasteiger partial charge on any atom is -0.394 e. The molecule has 0 radical (unpaired) electrons. The Labute approximate surface area is 119 Å². The van der Waals surface area contributed by atoms with Gasteiger partial charge in [0.05, 0.1) is 27.9 Å². The Morgan fingerprint density at radius 3 is 2.74 bits per heavy atom. The first kappa shape index (κ1) is 14.3. The summed E-state index contributed by atoms with van der Waals surface area (Å²) in [6, 6.07) is 4.97. The fourth-order valence-electron chi connectivity index (χ4n) is 2.10. The Bertz CT molecular complexity index is 510. The van der Waals surface area contributed by atoms with Gasteiger partial charge in [-0.1, -0.05) is 0 Å². The number of halogens is 2. The molecule has 2 N–H and O–H groups in total. The number of benzene rings is 1. The van der Waals surface area contributed by atoms with Crippen LogP contribution in [0.5, 0.6) is 0 Å². The number of anilines is 1. The van der Waals surface area contributed by atoms with E-state index in [2.05, 4.69) is 21.2 Å². The van der Waals surface area contributed by atoms with Gasteiger partial charge in [0.2, 0.25) is 0 Å². The fraction of sp³-hybridized carbons (Fsp3) is 0.462. The summed E-state index contributed by atoms with van der Waals surface area (Å²) in [6.07, 6.45) is 1.22. The minimum atomic E-state index is -0.563. The van der Waals surface area contributed by atoms with Crippen LogP contribution < -0.4 is 5.32 Å². The van der Waals surface area contributed by atoms with E-state index in [9.17, 15) is 9.50 Å². The van der Waals surface area contributed by atoms with Crippen molar-refractivity contribution < 1.29 is 14.2 Å². The maximum Gasteiger partial charge on any atom is 0.161 e. The number of hydrogen-bond donors (Lipinski definition) is 2. The molecule has 1 aromatic rings. The van der Waals surface area contributed by atoms with Crippen LogP contribution in [0.15, 0.2) is 16.6 Å². The average Bonchev–Trinajstić information content (AvgIpc) is 2.45. The second-order valence-corrected chi connectivity index (χ2v) is 5.37. The van der Waals surface area contributed by atoms with Crippen LogP contribution in [-0.4, -0.2) is 30.5 Å². The summed E-state index contributed by atoms with van der Waals surface area (Å²) >= 11 is 3.07. The van der Waals surface area contributed by atoms with Gasteiger partial charge in [-0.2, -0.15) is 5.26 Å². The van der Waals surface area contributed by atoms with Crippen molar-refractivity contribution in [2.45, 2.75) is 18.4 Å². The van der Waals surface area contributed by atoms with E-state index in [0.29, 0.717) is 26.1 Å². The number of nitrogens with zero attached hydrogens (tertiary/aromatic N) is 1. The van der Waals surface area contributed by atoms with E-state index >= 15 is 0 Å². The molecule has 0 unspecified atom stereocenters. The standard InChI is InChI=1S/C13H14BrFN2O2/c14-11-9(7-16)1-2-10(12(11)15)17-13(8-18)3-5-19-6-4-13/h1-2,17-18H,3-6,8H2. The van der Waals surface area contributed by atoms with E-state index in [0.717, 1.165) is 0 Å². The van der Waals surface area contributed by atoms with Crippen LogP contribution in [0.25, 0.3) is 0 Å². The van der Waals surface area contributed by atoms with Crippen molar-refractivity contribution in [2.24, 2.45) is 0 Å². The van der Waals surface area contributed by atoms with Gasteiger partial charge in [0.1, 0.15) is 6.07 Å². The van der Waals surface area contributed by atoms with Crippen LogP contribution in [0.4, 0.5) is 10.1 Å². The molecule has 0 atom stereocenters. The highest BCUT2D eigenvalue weighted by Gasteiger charge is 2.32. The van der Waals surface area contributed by atoms with Gasteiger partial charge in [0.15, 0.2) is 5.82 Å². The number of hydrogen-bond acceptors (Lipinski definition) is 4. The van der Waals surface area contributed by atoms with Gasteiger partial charge in [-0.15, -0.1) is 0 Å². The number of nitriles is 1. The van der Waals surface area contributed by atoms with Crippen molar-refractivity contribution in [3.63, 3.8) is 0 Å². The maximum atomic E-state index is 14.1. The van der Waals surface area contributed by atoms with Crippen LogP contribution >= 0.6 is 15.9 Å². The predicted molar refractivity (Wildman–Crippen MR) is 72.3 cm³/mol. The van der Waals surface area contributed by atoms with Crippen LogP contribution in [0.1, 0.15) is 18.4 Å². The molecule has 1 aromatic carbocycles. The van der Waals surface area contributed by atoms with Gasteiger partial charge in [-0.25, -0.2) is 4.39 Å². The van der Waals surface area contributed by atoms with Gasteiger partial charge < -0.3 is 15.2 Å². The van der Waals surface area contributed by atoms with Crippen molar-refractivity contribution in [2.75, 3.05) is 25.1 Å². The Morgan fingerprint density at radius 1 is 1.47 bits per heavy atom. The number of ether oxygens (including phenoxy) is 1. The molecular formula is C13H14BrFN2O2. The van der Waals surface area contributed by atoms with Crippen molar-refractivity contribution in [3.8, 4) is 6.07 Å². The lowest BCUT2D eigenvalue weighted by Gasteiger charge is -2.37. The van der Waals surface area contributed by atoms with Gasteiger partial charge in [0.25, 0.3) is 0 Å². The zero-order valence-electron chi connectivity index (χ0n) is 10.2. The number of aliphatic hydroxyl groups excluding tert-OH is 1. The molecular weight excluding hydrogens is 315 g/mol. The Hall–Kier alpha value is -1.16. The van der Waals surface area contributed by atoms with E-state index in [-0.39, 0.29) is 22.3 Å². The summed E-state index contributed by atoms with van der Waals surface area (Å²) < 4.78 is 19.5. The zero-order chi connectivity index (χ0) is 13.9. The summed E-state index contributed by atoms with van der Waals surface area (Å²) in [5.41, 5.74) is -0.0398. The molecule has 0 bridgehead atoms. The molecule has 0 saturated carbocycles. The molecule has 1 saturated heterocycles. The lowest BCUT2D eigenvalue weighted by molar-refractivity contribution is 0.0378. The molecule has 6 heteroatoms. The summed E-state index contributed by atoms with van der Waals surface area (Å²) in [5.74, 6) is -0.515. The first-order valence-corrected chi connectivity index (χ1v) is 6.76. The third-order valence-corrected chi connectivity index (χ3v) is 4.13. The third-order valence-electron chi connectivity index (χ3n) is 3.36. The molecule has 1 aliphatic rings. The van der Waals surface area contributed by atoms with Crippen molar-refractivity contribution in [1.82, 2.24) is 0 Å². The highest BCUT2D eigenvalue weighted by molar-refractivity contribution is 9.10. The minimum absolute atomic E-state index is 0.0899.